The number of aromatic nitrogens is 2. The predicted octanol–water partition coefficient (Wildman–Crippen LogP) is 0.622. The zero-order chi connectivity index (χ0) is 7.56. The number of anilines is 2. The van der Waals surface area contributed by atoms with Crippen LogP contribution in [0.5, 0.6) is 0 Å². The summed E-state index contributed by atoms with van der Waals surface area (Å²) in [6, 6.07) is 0. The SMILES string of the molecule is Nc1ncc(Br)nc1NO. The van der Waals surface area contributed by atoms with E-state index in [0.29, 0.717) is 4.60 Å². The molecule has 1 rings (SSSR count). The third kappa shape index (κ3) is 1.34. The molecule has 0 saturated carbocycles. The summed E-state index contributed by atoms with van der Waals surface area (Å²) in [6.07, 6.45) is 1.44. The van der Waals surface area contributed by atoms with Gasteiger partial charge in [-0.2, -0.15) is 0 Å². The Morgan fingerprint density at radius 3 is 2.90 bits per heavy atom. The lowest BCUT2D eigenvalue weighted by molar-refractivity contribution is 0.386. The molecule has 10 heavy (non-hydrogen) atoms. The first-order chi connectivity index (χ1) is 4.74. The molecule has 0 aliphatic heterocycles. The van der Waals surface area contributed by atoms with Gasteiger partial charge in [0.05, 0.1) is 6.20 Å². The number of rotatable bonds is 1. The summed E-state index contributed by atoms with van der Waals surface area (Å²) in [6.45, 7) is 0. The molecule has 0 saturated heterocycles. The molecular weight excluding hydrogens is 200 g/mol. The zero-order valence-electron chi connectivity index (χ0n) is 4.87. The minimum Gasteiger partial charge on any atom is -0.381 e. The fourth-order valence-corrected chi connectivity index (χ4v) is 0.739. The van der Waals surface area contributed by atoms with Gasteiger partial charge in [-0.15, -0.1) is 0 Å². The molecule has 5 nitrogen and oxygen atoms in total. The van der Waals surface area contributed by atoms with Gasteiger partial charge in [0, 0.05) is 0 Å². The molecule has 0 unspecified atom stereocenters. The van der Waals surface area contributed by atoms with Crippen molar-refractivity contribution < 1.29 is 5.21 Å². The monoisotopic (exact) mass is 204 g/mol. The summed E-state index contributed by atoms with van der Waals surface area (Å²) >= 11 is 3.06. The van der Waals surface area contributed by atoms with Crippen molar-refractivity contribution in [3.8, 4) is 0 Å². The molecule has 0 aromatic carbocycles. The minimum absolute atomic E-state index is 0.148. The Morgan fingerprint density at radius 2 is 2.40 bits per heavy atom. The van der Waals surface area contributed by atoms with Gasteiger partial charge >= 0.3 is 0 Å². The first-order valence-electron chi connectivity index (χ1n) is 2.42. The van der Waals surface area contributed by atoms with Crippen LogP contribution < -0.4 is 11.2 Å². The molecule has 1 heterocycles. The molecule has 0 bridgehead atoms. The second-order valence-corrected chi connectivity index (χ2v) is 2.35. The number of hydrogen-bond donors (Lipinski definition) is 3. The molecular formula is C4H5BrN4O. The molecule has 0 spiro atoms. The third-order valence-electron chi connectivity index (χ3n) is 0.877. The van der Waals surface area contributed by atoms with Gasteiger partial charge in [0.1, 0.15) is 4.60 Å². The lowest BCUT2D eigenvalue weighted by Gasteiger charge is -1.99. The first-order valence-corrected chi connectivity index (χ1v) is 3.21. The lowest BCUT2D eigenvalue weighted by atomic mass is 10.6. The summed E-state index contributed by atoms with van der Waals surface area (Å²) in [4.78, 5) is 7.45. The fourth-order valence-electron chi connectivity index (χ4n) is 0.459. The predicted molar refractivity (Wildman–Crippen MR) is 39.6 cm³/mol. The van der Waals surface area contributed by atoms with E-state index in [0.717, 1.165) is 0 Å². The molecule has 4 N–H and O–H groups in total. The standard InChI is InChI=1S/C4H5BrN4O/c5-2-1-7-3(6)4(8-2)9-10/h1,10H,(H2,6,7)(H,8,9). The van der Waals surface area contributed by atoms with Crippen LogP contribution in [0.15, 0.2) is 10.8 Å². The van der Waals surface area contributed by atoms with E-state index in [4.69, 9.17) is 10.9 Å². The van der Waals surface area contributed by atoms with Crippen molar-refractivity contribution in [1.82, 2.24) is 9.97 Å². The average Bonchev–Trinajstić information content (AvgIpc) is 1.94. The Morgan fingerprint density at radius 1 is 1.70 bits per heavy atom. The van der Waals surface area contributed by atoms with Crippen molar-refractivity contribution in [2.45, 2.75) is 0 Å². The summed E-state index contributed by atoms with van der Waals surface area (Å²) in [7, 11) is 0. The summed E-state index contributed by atoms with van der Waals surface area (Å²) < 4.78 is 0.512. The number of nitrogens with one attached hydrogen (secondary N) is 1. The molecule has 1 aromatic heterocycles. The Balaban J connectivity index is 3.09. The van der Waals surface area contributed by atoms with Crippen LogP contribution in [0.2, 0.25) is 0 Å². The smallest absolute Gasteiger partial charge is 0.193 e. The van der Waals surface area contributed by atoms with Gasteiger partial charge in [0.2, 0.25) is 0 Å². The van der Waals surface area contributed by atoms with Gasteiger partial charge < -0.3 is 5.73 Å². The Hall–Kier alpha value is -0.880. The van der Waals surface area contributed by atoms with Crippen molar-refractivity contribution >= 4 is 27.6 Å². The van der Waals surface area contributed by atoms with Crippen molar-refractivity contribution in [2.24, 2.45) is 0 Å². The van der Waals surface area contributed by atoms with Crippen LogP contribution in [-0.4, -0.2) is 15.2 Å². The second kappa shape index (κ2) is 2.80. The zero-order valence-corrected chi connectivity index (χ0v) is 6.46. The normalized spacial score (nSPS) is 9.40. The third-order valence-corrected chi connectivity index (χ3v) is 1.26. The van der Waals surface area contributed by atoms with Gasteiger partial charge in [-0.1, -0.05) is 0 Å². The molecule has 0 fully saturated rings. The quantitative estimate of drug-likeness (QED) is 0.585. The van der Waals surface area contributed by atoms with Crippen LogP contribution >= 0.6 is 15.9 Å². The van der Waals surface area contributed by atoms with Crippen LogP contribution in [0.3, 0.4) is 0 Å². The minimum atomic E-state index is 0.148. The van der Waals surface area contributed by atoms with Gasteiger partial charge in [-0.3, -0.25) is 5.21 Å². The van der Waals surface area contributed by atoms with E-state index >= 15 is 0 Å². The van der Waals surface area contributed by atoms with E-state index in [2.05, 4.69) is 25.9 Å². The highest BCUT2D eigenvalue weighted by atomic mass is 79.9. The summed E-state index contributed by atoms with van der Waals surface area (Å²) in [5.41, 5.74) is 7.09. The van der Waals surface area contributed by atoms with E-state index in [1.165, 1.54) is 6.20 Å². The van der Waals surface area contributed by atoms with Crippen molar-refractivity contribution in [3.05, 3.63) is 10.8 Å². The summed E-state index contributed by atoms with van der Waals surface area (Å²) in [5, 5.41) is 8.39. The van der Waals surface area contributed by atoms with Crippen LogP contribution in [-0.2, 0) is 0 Å². The molecule has 0 aliphatic rings. The second-order valence-electron chi connectivity index (χ2n) is 1.54. The Bertz CT molecular complexity index is 241. The van der Waals surface area contributed by atoms with E-state index in [1.54, 1.807) is 0 Å². The van der Waals surface area contributed by atoms with Crippen LogP contribution in [0.25, 0.3) is 0 Å². The molecule has 0 radical (unpaired) electrons. The number of nitrogen functional groups attached to an aromatic ring is 1. The van der Waals surface area contributed by atoms with Crippen LogP contribution in [0.4, 0.5) is 11.6 Å². The van der Waals surface area contributed by atoms with Crippen molar-refractivity contribution in [3.63, 3.8) is 0 Å². The number of halogens is 1. The molecule has 0 atom stereocenters. The van der Waals surface area contributed by atoms with Crippen LogP contribution in [0.1, 0.15) is 0 Å². The molecule has 54 valence electrons. The Kier molecular flexibility index (Phi) is 2.03. The maximum Gasteiger partial charge on any atom is 0.193 e. The molecule has 0 aliphatic carbocycles. The molecule has 0 amide bonds. The highest BCUT2D eigenvalue weighted by Gasteiger charge is 1.99. The average molecular weight is 205 g/mol. The van der Waals surface area contributed by atoms with E-state index in [9.17, 15) is 0 Å². The van der Waals surface area contributed by atoms with E-state index in [-0.39, 0.29) is 11.6 Å². The van der Waals surface area contributed by atoms with Gasteiger partial charge in [-0.25, -0.2) is 15.4 Å². The highest BCUT2D eigenvalue weighted by Crippen LogP contribution is 2.13. The molecule has 1 aromatic rings. The van der Waals surface area contributed by atoms with E-state index < -0.39 is 0 Å². The Labute approximate surface area is 65.4 Å². The van der Waals surface area contributed by atoms with Gasteiger partial charge in [0.15, 0.2) is 11.6 Å². The molecule has 6 heteroatoms. The summed E-state index contributed by atoms with van der Waals surface area (Å²) in [5.74, 6) is 0.306. The van der Waals surface area contributed by atoms with Gasteiger partial charge in [0.25, 0.3) is 0 Å². The van der Waals surface area contributed by atoms with E-state index in [1.807, 2.05) is 5.48 Å². The van der Waals surface area contributed by atoms with Crippen LogP contribution in [0, 0.1) is 0 Å². The number of nitrogens with zero attached hydrogens (tertiary/aromatic N) is 2. The van der Waals surface area contributed by atoms with Crippen molar-refractivity contribution in [2.75, 3.05) is 11.2 Å². The maximum atomic E-state index is 8.39. The lowest BCUT2D eigenvalue weighted by Crippen LogP contribution is -2.01. The number of nitrogens with two attached hydrogens (primary N) is 1. The first kappa shape index (κ1) is 7.23. The topological polar surface area (TPSA) is 84.1 Å². The van der Waals surface area contributed by atoms with Crippen molar-refractivity contribution in [1.29, 1.82) is 0 Å². The van der Waals surface area contributed by atoms with Gasteiger partial charge in [-0.05, 0) is 15.9 Å². The number of hydrogen-bond acceptors (Lipinski definition) is 5. The largest absolute Gasteiger partial charge is 0.381 e. The highest BCUT2D eigenvalue weighted by molar-refractivity contribution is 9.10. The maximum absolute atomic E-state index is 8.39. The fraction of sp³-hybridized carbons (Fsp3) is 0.